The molecular formula is C31H43N5O6. The smallest absolute Gasteiger partial charge is 0.290 e. The zero-order valence-corrected chi connectivity index (χ0v) is 24.6. The van der Waals surface area contributed by atoms with Gasteiger partial charge in [-0.25, -0.2) is 0 Å². The van der Waals surface area contributed by atoms with Gasteiger partial charge in [0.1, 0.15) is 12.1 Å². The van der Waals surface area contributed by atoms with E-state index in [0.717, 1.165) is 31.2 Å². The Morgan fingerprint density at radius 2 is 1.69 bits per heavy atom. The second kappa shape index (κ2) is 15.5. The number of hydrogen-bond acceptors (Lipinski definition) is 7. The maximum Gasteiger partial charge on any atom is 0.290 e. The maximum atomic E-state index is 13.6. The molecular weight excluding hydrogens is 538 g/mol. The number of rotatable bonds is 12. The van der Waals surface area contributed by atoms with Crippen LogP contribution in [0.1, 0.15) is 74.9 Å². The van der Waals surface area contributed by atoms with Gasteiger partial charge >= 0.3 is 0 Å². The number of carbonyl (C=O) groups excluding carboxylic acids is 4. The molecule has 0 unspecified atom stereocenters. The second-order valence-corrected chi connectivity index (χ2v) is 11.4. The monoisotopic (exact) mass is 581 g/mol. The minimum atomic E-state index is -0.812. The molecule has 1 aromatic heterocycles. The fraction of sp³-hybridized carbons (Fsp3) is 0.581. The third-order valence-electron chi connectivity index (χ3n) is 8.31. The van der Waals surface area contributed by atoms with Crippen LogP contribution < -0.4 is 16.0 Å². The van der Waals surface area contributed by atoms with Gasteiger partial charge in [-0.05, 0) is 36.0 Å². The van der Waals surface area contributed by atoms with E-state index in [4.69, 9.17) is 9.26 Å². The van der Waals surface area contributed by atoms with Gasteiger partial charge in [0.05, 0.1) is 25.8 Å². The summed E-state index contributed by atoms with van der Waals surface area (Å²) in [5, 5.41) is 12.2. The van der Waals surface area contributed by atoms with E-state index in [1.165, 1.54) is 18.7 Å². The number of nitrogens with zero attached hydrogens (tertiary/aromatic N) is 2. The highest BCUT2D eigenvalue weighted by molar-refractivity contribution is 5.99. The maximum absolute atomic E-state index is 13.6. The Balaban J connectivity index is 1.39. The summed E-state index contributed by atoms with van der Waals surface area (Å²) in [6.45, 7) is 6.18. The van der Waals surface area contributed by atoms with Crippen LogP contribution in [-0.2, 0) is 25.5 Å². The van der Waals surface area contributed by atoms with Crippen LogP contribution in [0.15, 0.2) is 41.1 Å². The minimum absolute atomic E-state index is 0.0303. The predicted molar refractivity (Wildman–Crippen MR) is 157 cm³/mol. The molecule has 2 aromatic rings. The molecule has 2 fully saturated rings. The number of anilines is 1. The van der Waals surface area contributed by atoms with Gasteiger partial charge in [-0.1, -0.05) is 69.7 Å². The van der Waals surface area contributed by atoms with Crippen molar-refractivity contribution in [2.24, 2.45) is 11.8 Å². The van der Waals surface area contributed by atoms with Crippen LogP contribution in [0.4, 0.5) is 5.69 Å². The lowest BCUT2D eigenvalue weighted by Crippen LogP contribution is -2.55. The first-order valence-electron chi connectivity index (χ1n) is 15.1. The van der Waals surface area contributed by atoms with Gasteiger partial charge in [0.2, 0.25) is 23.5 Å². The summed E-state index contributed by atoms with van der Waals surface area (Å²) in [5.41, 5.74) is 1.42. The lowest BCUT2D eigenvalue weighted by Gasteiger charge is -2.29. The highest BCUT2D eigenvalue weighted by Crippen LogP contribution is 2.28. The summed E-state index contributed by atoms with van der Waals surface area (Å²) < 4.78 is 10.3. The molecule has 42 heavy (non-hydrogen) atoms. The molecule has 4 rings (SSSR count). The van der Waals surface area contributed by atoms with Crippen molar-refractivity contribution >= 4 is 29.3 Å². The van der Waals surface area contributed by atoms with Gasteiger partial charge in [-0.3, -0.25) is 19.2 Å². The number of aromatic nitrogens is 1. The van der Waals surface area contributed by atoms with Crippen molar-refractivity contribution in [1.82, 2.24) is 20.7 Å². The number of ether oxygens (including phenoxy) is 1. The van der Waals surface area contributed by atoms with Gasteiger partial charge in [-0.2, -0.15) is 0 Å². The average molecular weight is 582 g/mol. The zero-order chi connectivity index (χ0) is 29.9. The largest absolute Gasteiger partial charge is 0.378 e. The van der Waals surface area contributed by atoms with Gasteiger partial charge < -0.3 is 30.1 Å². The number of benzene rings is 1. The first kappa shape index (κ1) is 31.2. The summed E-state index contributed by atoms with van der Waals surface area (Å²) in [6, 6.07) is 7.00. The van der Waals surface area contributed by atoms with E-state index >= 15 is 0 Å². The molecule has 1 aromatic carbocycles. The molecule has 11 heteroatoms. The van der Waals surface area contributed by atoms with Gasteiger partial charge in [0.25, 0.3) is 5.91 Å². The van der Waals surface area contributed by atoms with Crippen LogP contribution in [0.25, 0.3) is 0 Å². The Kier molecular flexibility index (Phi) is 11.5. The number of carbonyl (C=O) groups is 4. The molecule has 1 aliphatic heterocycles. The van der Waals surface area contributed by atoms with Crippen molar-refractivity contribution in [2.45, 2.75) is 77.3 Å². The fourth-order valence-corrected chi connectivity index (χ4v) is 5.53. The summed E-state index contributed by atoms with van der Waals surface area (Å²) in [4.78, 5) is 54.2. The van der Waals surface area contributed by atoms with Crippen LogP contribution in [-0.4, -0.2) is 72.1 Å². The van der Waals surface area contributed by atoms with Crippen LogP contribution >= 0.6 is 0 Å². The highest BCUT2D eigenvalue weighted by Gasteiger charge is 2.32. The lowest BCUT2D eigenvalue weighted by molar-refractivity contribution is -0.134. The van der Waals surface area contributed by atoms with Crippen molar-refractivity contribution in [2.75, 3.05) is 31.6 Å². The van der Waals surface area contributed by atoms with Crippen molar-refractivity contribution < 1.29 is 28.4 Å². The molecule has 3 N–H and O–H groups in total. The third-order valence-corrected chi connectivity index (χ3v) is 8.31. The molecule has 4 amide bonds. The second-order valence-electron chi connectivity index (χ2n) is 11.4. The molecule has 1 saturated carbocycles. The van der Waals surface area contributed by atoms with Gasteiger partial charge in [0.15, 0.2) is 0 Å². The number of morpholine rings is 1. The Morgan fingerprint density at radius 3 is 2.33 bits per heavy atom. The lowest BCUT2D eigenvalue weighted by atomic mass is 9.84. The minimum Gasteiger partial charge on any atom is -0.378 e. The summed E-state index contributed by atoms with van der Waals surface area (Å²) in [7, 11) is 0. The third kappa shape index (κ3) is 8.88. The van der Waals surface area contributed by atoms with Gasteiger partial charge in [-0.15, -0.1) is 0 Å². The van der Waals surface area contributed by atoms with Crippen LogP contribution in [0.2, 0.25) is 0 Å². The topological polar surface area (TPSA) is 143 Å². The zero-order valence-electron chi connectivity index (χ0n) is 24.6. The molecule has 0 bridgehead atoms. The quantitative estimate of drug-likeness (QED) is 0.349. The first-order valence-corrected chi connectivity index (χ1v) is 15.1. The Labute approximate surface area is 247 Å². The van der Waals surface area contributed by atoms with E-state index in [0.29, 0.717) is 50.8 Å². The summed E-state index contributed by atoms with van der Waals surface area (Å²) in [5.74, 6) is -1.01. The van der Waals surface area contributed by atoms with Gasteiger partial charge in [0, 0.05) is 24.8 Å². The van der Waals surface area contributed by atoms with Crippen molar-refractivity contribution in [3.63, 3.8) is 0 Å². The summed E-state index contributed by atoms with van der Waals surface area (Å²) >= 11 is 0. The van der Waals surface area contributed by atoms with E-state index < -0.39 is 23.9 Å². The molecule has 1 aliphatic carbocycles. The van der Waals surface area contributed by atoms with Crippen LogP contribution in [0.3, 0.4) is 0 Å². The van der Waals surface area contributed by atoms with Crippen LogP contribution in [0, 0.1) is 11.8 Å². The van der Waals surface area contributed by atoms with E-state index in [1.807, 2.05) is 26.0 Å². The van der Waals surface area contributed by atoms with Crippen LogP contribution in [0.5, 0.6) is 0 Å². The first-order chi connectivity index (χ1) is 20.3. The molecule has 228 valence electrons. The normalized spacial score (nSPS) is 18.0. The number of amides is 4. The molecule has 1 saturated heterocycles. The SMILES string of the molecule is CC[C@H](C)[C@H](NC(=O)[C@H](CC1CCCCC1)NC(=O)c1ccno1)C(=O)Nc1ccc(CC(=O)N2CCOCC2)cc1. The van der Waals surface area contributed by atoms with Crippen molar-refractivity contribution in [1.29, 1.82) is 0 Å². The Hall–Kier alpha value is -3.73. The Morgan fingerprint density at radius 1 is 0.976 bits per heavy atom. The molecule has 0 spiro atoms. The molecule has 3 atom stereocenters. The van der Waals surface area contributed by atoms with Crippen molar-refractivity contribution in [3.05, 3.63) is 47.9 Å². The molecule has 2 heterocycles. The fourth-order valence-electron chi connectivity index (χ4n) is 5.53. The van der Waals surface area contributed by atoms with E-state index in [9.17, 15) is 19.2 Å². The Bertz CT molecular complexity index is 1170. The standard InChI is InChI=1S/C31H43N5O6/c1-3-21(2)28(31(40)33-24-11-9-23(10-12-24)20-27(37)36-15-17-41-18-16-36)35-29(38)25(19-22-7-5-4-6-8-22)34-30(39)26-13-14-32-42-26/h9-14,21-22,25,28H,3-8,15-20H2,1-2H3,(H,33,40)(H,34,39)(H,35,38)/t21-,25-,28-/m0/s1. The average Bonchev–Trinajstić information content (AvgIpc) is 3.56. The number of hydrogen-bond donors (Lipinski definition) is 3. The number of nitrogens with one attached hydrogen (secondary N) is 3. The van der Waals surface area contributed by atoms with Crippen molar-refractivity contribution in [3.8, 4) is 0 Å². The molecule has 0 radical (unpaired) electrons. The molecule has 2 aliphatic rings. The molecule has 11 nitrogen and oxygen atoms in total. The van der Waals surface area contributed by atoms with E-state index in [1.54, 1.807) is 17.0 Å². The predicted octanol–water partition coefficient (Wildman–Crippen LogP) is 3.31. The highest BCUT2D eigenvalue weighted by atomic mass is 16.5. The summed E-state index contributed by atoms with van der Waals surface area (Å²) in [6.07, 6.45) is 8.21. The van der Waals surface area contributed by atoms with E-state index in [-0.39, 0.29) is 29.9 Å². The van der Waals surface area contributed by atoms with E-state index in [2.05, 4.69) is 21.1 Å².